The number of benzene rings is 2. The van der Waals surface area contributed by atoms with Crippen LogP contribution in [0.5, 0.6) is 5.75 Å². The molecule has 0 atom stereocenters. The van der Waals surface area contributed by atoms with Crippen molar-refractivity contribution in [3.8, 4) is 5.75 Å². The molecule has 0 saturated carbocycles. The Labute approximate surface area is 173 Å². The Morgan fingerprint density at radius 2 is 1.37 bits per heavy atom. The summed E-state index contributed by atoms with van der Waals surface area (Å²) in [6.45, 7) is 6.32. The minimum atomic E-state index is -0.527. The Morgan fingerprint density at radius 3 is 1.87 bits per heavy atom. The predicted molar refractivity (Wildman–Crippen MR) is 110 cm³/mol. The van der Waals surface area contributed by atoms with Crippen LogP contribution in [0.2, 0.25) is 0 Å². The third-order valence-corrected chi connectivity index (χ3v) is 4.89. The van der Waals surface area contributed by atoms with Gasteiger partial charge in [0.05, 0.1) is 34.8 Å². The minimum Gasteiger partial charge on any atom is -0.423 e. The number of hydrogen-bond acceptors (Lipinski definition) is 6. The van der Waals surface area contributed by atoms with Crippen molar-refractivity contribution in [1.82, 2.24) is 10.2 Å². The Bertz CT molecular complexity index is 1110. The van der Waals surface area contributed by atoms with Crippen molar-refractivity contribution in [2.75, 3.05) is 4.90 Å². The normalized spacial score (nSPS) is 13.4. The van der Waals surface area contributed by atoms with Gasteiger partial charge in [-0.2, -0.15) is 10.2 Å². The van der Waals surface area contributed by atoms with Crippen molar-refractivity contribution in [3.05, 3.63) is 83.2 Å². The van der Waals surface area contributed by atoms with Crippen molar-refractivity contribution >= 4 is 23.5 Å². The largest absolute Gasteiger partial charge is 0.423 e. The summed E-state index contributed by atoms with van der Waals surface area (Å²) in [5, 5.41) is 7.31. The molecule has 0 fully saturated rings. The summed E-state index contributed by atoms with van der Waals surface area (Å²) in [7, 11) is 0. The molecule has 3 aromatic rings. The monoisotopic (exact) mass is 401 g/mol. The number of esters is 1. The van der Waals surface area contributed by atoms with Crippen molar-refractivity contribution in [2.24, 2.45) is 0 Å². The predicted octanol–water partition coefficient (Wildman–Crippen LogP) is 3.79. The van der Waals surface area contributed by atoms with Gasteiger partial charge in [0.15, 0.2) is 0 Å². The Balaban J connectivity index is 1.49. The number of anilines is 1. The third-order valence-electron chi connectivity index (χ3n) is 4.89. The van der Waals surface area contributed by atoms with Gasteiger partial charge in [-0.15, -0.1) is 0 Å². The Hall–Kier alpha value is -3.87. The van der Waals surface area contributed by atoms with Crippen LogP contribution in [0.4, 0.5) is 5.69 Å². The maximum atomic E-state index is 12.5. The van der Waals surface area contributed by atoms with Crippen molar-refractivity contribution in [1.29, 1.82) is 0 Å². The summed E-state index contributed by atoms with van der Waals surface area (Å²) in [6, 6.07) is 13.5. The Kier molecular flexibility index (Phi) is 4.66. The topological polar surface area (TPSA) is 89.5 Å². The van der Waals surface area contributed by atoms with Crippen LogP contribution >= 0.6 is 0 Å². The van der Waals surface area contributed by atoms with Gasteiger partial charge in [-0.1, -0.05) is 32.9 Å². The molecule has 0 unspecified atom stereocenters. The molecule has 1 aliphatic heterocycles. The van der Waals surface area contributed by atoms with Gasteiger partial charge in [0.2, 0.25) is 0 Å². The van der Waals surface area contributed by atoms with Crippen molar-refractivity contribution in [2.45, 2.75) is 26.2 Å². The number of ether oxygens (including phenoxy) is 1. The van der Waals surface area contributed by atoms with Gasteiger partial charge in [0.25, 0.3) is 11.8 Å². The lowest BCUT2D eigenvalue weighted by Crippen LogP contribution is -2.29. The highest BCUT2D eigenvalue weighted by atomic mass is 16.5. The maximum Gasteiger partial charge on any atom is 0.343 e. The molecule has 0 aliphatic carbocycles. The molecule has 2 aromatic carbocycles. The lowest BCUT2D eigenvalue weighted by atomic mass is 9.87. The number of amides is 2. The van der Waals surface area contributed by atoms with Gasteiger partial charge in [0, 0.05) is 0 Å². The molecule has 4 rings (SSSR count). The van der Waals surface area contributed by atoms with E-state index in [4.69, 9.17) is 4.74 Å². The van der Waals surface area contributed by atoms with Crippen molar-refractivity contribution < 1.29 is 19.1 Å². The lowest BCUT2D eigenvalue weighted by molar-refractivity contribution is 0.0734. The third kappa shape index (κ3) is 3.45. The molecule has 0 spiro atoms. The fraction of sp³-hybridized carbons (Fsp3) is 0.174. The average Bonchev–Trinajstić information content (AvgIpc) is 2.98. The fourth-order valence-electron chi connectivity index (χ4n) is 3.17. The van der Waals surface area contributed by atoms with Crippen LogP contribution in [-0.2, 0) is 5.41 Å². The zero-order valence-electron chi connectivity index (χ0n) is 16.7. The van der Waals surface area contributed by atoms with E-state index >= 15 is 0 Å². The number of imide groups is 1. The van der Waals surface area contributed by atoms with Crippen molar-refractivity contribution in [3.63, 3.8) is 0 Å². The molecule has 2 amide bonds. The van der Waals surface area contributed by atoms with Crippen LogP contribution < -0.4 is 9.64 Å². The van der Waals surface area contributed by atoms with E-state index in [-0.39, 0.29) is 16.5 Å². The van der Waals surface area contributed by atoms with E-state index in [1.807, 2.05) is 12.1 Å². The van der Waals surface area contributed by atoms with Gasteiger partial charge >= 0.3 is 5.97 Å². The van der Waals surface area contributed by atoms with Crippen LogP contribution in [0.3, 0.4) is 0 Å². The van der Waals surface area contributed by atoms with Crippen LogP contribution in [0.25, 0.3) is 0 Å². The van der Waals surface area contributed by atoms with Gasteiger partial charge in [0.1, 0.15) is 5.75 Å². The molecule has 0 bridgehead atoms. The number of carbonyl (C=O) groups excluding carboxylic acids is 3. The second-order valence-corrected chi connectivity index (χ2v) is 7.97. The summed E-state index contributed by atoms with van der Waals surface area (Å²) in [6.07, 6.45) is 2.54. The summed E-state index contributed by atoms with van der Waals surface area (Å²) in [5.74, 6) is -1.03. The van der Waals surface area contributed by atoms with Crippen LogP contribution in [0.1, 0.15) is 57.4 Å². The molecule has 30 heavy (non-hydrogen) atoms. The zero-order chi connectivity index (χ0) is 21.5. The van der Waals surface area contributed by atoms with E-state index in [0.717, 1.165) is 10.5 Å². The molecule has 7 heteroatoms. The first-order chi connectivity index (χ1) is 14.3. The number of hydrogen-bond donors (Lipinski definition) is 0. The van der Waals surface area contributed by atoms with Crippen LogP contribution in [-0.4, -0.2) is 28.0 Å². The molecule has 0 saturated heterocycles. The lowest BCUT2D eigenvalue weighted by Gasteiger charge is -2.19. The fourth-order valence-corrected chi connectivity index (χ4v) is 3.17. The first-order valence-corrected chi connectivity index (χ1v) is 9.38. The number of rotatable bonds is 3. The molecule has 0 N–H and O–H groups in total. The maximum absolute atomic E-state index is 12.5. The second kappa shape index (κ2) is 7.18. The van der Waals surface area contributed by atoms with Gasteiger partial charge < -0.3 is 4.74 Å². The van der Waals surface area contributed by atoms with Gasteiger partial charge in [-0.25, -0.2) is 9.69 Å². The summed E-state index contributed by atoms with van der Waals surface area (Å²) in [5.41, 5.74) is 2.22. The van der Waals surface area contributed by atoms with Gasteiger partial charge in [-0.05, 0) is 47.4 Å². The highest BCUT2D eigenvalue weighted by Crippen LogP contribution is 2.28. The van der Waals surface area contributed by atoms with E-state index < -0.39 is 17.8 Å². The van der Waals surface area contributed by atoms with E-state index in [1.54, 1.807) is 12.1 Å². The smallest absolute Gasteiger partial charge is 0.343 e. The number of fused-ring (bicyclic) bond motifs is 1. The summed E-state index contributed by atoms with van der Waals surface area (Å²) >= 11 is 0. The summed E-state index contributed by atoms with van der Waals surface area (Å²) < 4.78 is 5.42. The van der Waals surface area contributed by atoms with E-state index in [2.05, 4.69) is 31.0 Å². The molecule has 150 valence electrons. The number of aromatic nitrogens is 2. The molecule has 7 nitrogen and oxygen atoms in total. The highest BCUT2D eigenvalue weighted by molar-refractivity contribution is 6.34. The van der Waals surface area contributed by atoms with E-state index in [0.29, 0.717) is 17.0 Å². The van der Waals surface area contributed by atoms with Crippen LogP contribution in [0, 0.1) is 0 Å². The Morgan fingerprint density at radius 1 is 0.833 bits per heavy atom. The first kappa shape index (κ1) is 19.4. The number of nitrogens with zero attached hydrogens (tertiary/aromatic N) is 3. The molecular formula is C23H19N3O4. The van der Waals surface area contributed by atoms with Crippen LogP contribution in [0.15, 0.2) is 60.9 Å². The molecular weight excluding hydrogens is 382 g/mol. The molecule has 2 heterocycles. The molecule has 1 aliphatic rings. The summed E-state index contributed by atoms with van der Waals surface area (Å²) in [4.78, 5) is 38.5. The zero-order valence-corrected chi connectivity index (χ0v) is 16.7. The quantitative estimate of drug-likeness (QED) is 0.377. The first-order valence-electron chi connectivity index (χ1n) is 9.38. The molecule has 0 radical (unpaired) electrons. The van der Waals surface area contributed by atoms with E-state index in [9.17, 15) is 14.4 Å². The SMILES string of the molecule is CC(C)(C)c1ccc(OC(=O)c2ccc(N3C(=O)c4cnncc4C3=O)cc2)cc1. The average molecular weight is 401 g/mol. The molecule has 1 aromatic heterocycles. The highest BCUT2D eigenvalue weighted by Gasteiger charge is 2.37. The minimum absolute atomic E-state index is 0.00853. The second-order valence-electron chi connectivity index (χ2n) is 7.97. The van der Waals surface area contributed by atoms with Gasteiger partial charge in [-0.3, -0.25) is 9.59 Å². The van der Waals surface area contributed by atoms with E-state index in [1.165, 1.54) is 36.7 Å². The standard InChI is InChI=1S/C23H19N3O4/c1-23(2,3)15-6-10-17(11-7-15)30-22(29)14-4-8-16(9-5-14)26-20(27)18-12-24-25-13-19(18)21(26)28/h4-13H,1-3H3. The number of carbonyl (C=O) groups is 3.